The van der Waals surface area contributed by atoms with Crippen molar-refractivity contribution in [3.05, 3.63) is 120 Å². The first-order valence-electron chi connectivity index (χ1n) is 17.3. The zero-order valence-electron chi connectivity index (χ0n) is 28.3. The average molecular weight is 674 g/mol. The Hall–Kier alpha value is -5.41. The third-order valence-corrected chi connectivity index (χ3v) is 8.73. The molecule has 1 atom stereocenters. The summed E-state index contributed by atoms with van der Waals surface area (Å²) in [4.78, 5) is 30.1. The van der Waals surface area contributed by atoms with Crippen LogP contribution < -0.4 is 24.8 Å². The Morgan fingerprint density at radius 3 is 2.32 bits per heavy atom. The predicted octanol–water partition coefficient (Wildman–Crippen LogP) is 8.13. The maximum atomic E-state index is 13.1. The summed E-state index contributed by atoms with van der Waals surface area (Å²) < 4.78 is 23.9. The number of unbranched alkanes of at least 4 members (excludes halogenated alkanes) is 1. The van der Waals surface area contributed by atoms with Gasteiger partial charge in [-0.15, -0.1) is 0 Å². The van der Waals surface area contributed by atoms with Gasteiger partial charge in [0, 0.05) is 28.9 Å². The van der Waals surface area contributed by atoms with Crippen LogP contribution in [0.3, 0.4) is 0 Å². The number of nitrogens with zero attached hydrogens (tertiary/aromatic N) is 1. The Morgan fingerprint density at radius 1 is 0.840 bits per heavy atom. The number of ether oxygens (including phenoxy) is 4. The highest BCUT2D eigenvalue weighted by Crippen LogP contribution is 2.37. The average Bonchev–Trinajstić information content (AvgIpc) is 3.67. The SMILES string of the molecule is COc1cc2c(Oc3ccc(NC(=O)c4ccccc4)cc3)ccnc2cc1OCCCCN[C@@H](Cc1ccccc1)C(=O)OC1CCCC1. The molecule has 0 saturated heterocycles. The number of esters is 1. The third-order valence-electron chi connectivity index (χ3n) is 8.73. The van der Waals surface area contributed by atoms with Gasteiger partial charge in [0.15, 0.2) is 11.5 Å². The minimum atomic E-state index is -0.388. The molecule has 1 heterocycles. The van der Waals surface area contributed by atoms with Gasteiger partial charge in [-0.05, 0) is 106 Å². The van der Waals surface area contributed by atoms with E-state index in [2.05, 4.69) is 15.6 Å². The number of nitrogens with one attached hydrogen (secondary N) is 2. The van der Waals surface area contributed by atoms with Gasteiger partial charge in [-0.25, -0.2) is 0 Å². The fourth-order valence-electron chi connectivity index (χ4n) is 6.04. The molecular formula is C41H43N3O6. The van der Waals surface area contributed by atoms with Crippen molar-refractivity contribution in [1.82, 2.24) is 10.3 Å². The topological polar surface area (TPSA) is 108 Å². The molecule has 0 radical (unpaired) electrons. The van der Waals surface area contributed by atoms with Gasteiger partial charge in [0.2, 0.25) is 0 Å². The molecule has 0 spiro atoms. The number of pyridine rings is 1. The van der Waals surface area contributed by atoms with Crippen LogP contribution in [-0.4, -0.2) is 49.3 Å². The van der Waals surface area contributed by atoms with Crippen LogP contribution in [0.25, 0.3) is 10.9 Å². The van der Waals surface area contributed by atoms with Gasteiger partial charge in [-0.2, -0.15) is 0 Å². The van der Waals surface area contributed by atoms with E-state index in [4.69, 9.17) is 18.9 Å². The number of hydrogen-bond acceptors (Lipinski definition) is 8. The summed E-state index contributed by atoms with van der Waals surface area (Å²) in [6.45, 7) is 1.14. The molecule has 9 nitrogen and oxygen atoms in total. The Morgan fingerprint density at radius 2 is 1.58 bits per heavy atom. The van der Waals surface area contributed by atoms with Crippen LogP contribution in [-0.2, 0) is 16.0 Å². The summed E-state index contributed by atoms with van der Waals surface area (Å²) in [6.07, 6.45) is 8.07. The van der Waals surface area contributed by atoms with E-state index in [0.29, 0.717) is 59.3 Å². The summed E-state index contributed by atoms with van der Waals surface area (Å²) in [5.74, 6) is 2.05. The molecule has 0 unspecified atom stereocenters. The highest BCUT2D eigenvalue weighted by molar-refractivity contribution is 6.04. The van der Waals surface area contributed by atoms with Crippen molar-refractivity contribution in [3.8, 4) is 23.0 Å². The molecule has 50 heavy (non-hydrogen) atoms. The Bertz CT molecular complexity index is 1840. The third kappa shape index (κ3) is 9.39. The molecule has 1 fully saturated rings. The van der Waals surface area contributed by atoms with Gasteiger partial charge in [-0.3, -0.25) is 14.6 Å². The first kappa shape index (κ1) is 34.5. The second-order valence-electron chi connectivity index (χ2n) is 12.4. The molecule has 258 valence electrons. The molecule has 1 aromatic heterocycles. The second kappa shape index (κ2) is 17.3. The van der Waals surface area contributed by atoms with Crippen molar-refractivity contribution in [3.63, 3.8) is 0 Å². The molecule has 6 rings (SSSR count). The van der Waals surface area contributed by atoms with Gasteiger partial charge in [0.1, 0.15) is 23.6 Å². The van der Waals surface area contributed by atoms with Crippen molar-refractivity contribution in [2.45, 2.75) is 57.1 Å². The van der Waals surface area contributed by atoms with E-state index in [0.717, 1.165) is 49.5 Å². The lowest BCUT2D eigenvalue weighted by atomic mass is 10.1. The molecule has 0 bridgehead atoms. The number of carbonyl (C=O) groups is 2. The minimum Gasteiger partial charge on any atom is -0.493 e. The van der Waals surface area contributed by atoms with Gasteiger partial charge in [-0.1, -0.05) is 48.5 Å². The number of methoxy groups -OCH3 is 1. The van der Waals surface area contributed by atoms with E-state index in [9.17, 15) is 9.59 Å². The molecule has 2 N–H and O–H groups in total. The lowest BCUT2D eigenvalue weighted by Crippen LogP contribution is -2.41. The van der Waals surface area contributed by atoms with E-state index >= 15 is 0 Å². The first-order valence-corrected chi connectivity index (χ1v) is 17.3. The van der Waals surface area contributed by atoms with E-state index < -0.39 is 0 Å². The lowest BCUT2D eigenvalue weighted by Gasteiger charge is -2.20. The summed E-state index contributed by atoms with van der Waals surface area (Å²) in [5.41, 5.74) is 3.06. The standard InChI is InChI=1S/C41H43N3O6/c1-47-38-27-34-35(43-24-22-37(34)49-33-20-18-31(19-21-33)44-40(45)30-14-6-3-7-15-30)28-39(38)48-25-11-10-23-42-36(26-29-12-4-2-5-13-29)41(46)50-32-16-8-9-17-32/h2-7,12-15,18-22,24,27-28,32,36,42H,8-11,16-17,23,25-26H2,1H3,(H,44,45)/t36-/m0/s1. The summed E-state index contributed by atoms with van der Waals surface area (Å²) >= 11 is 0. The number of hydrogen-bond donors (Lipinski definition) is 2. The number of benzene rings is 4. The molecule has 1 saturated carbocycles. The Kier molecular flexibility index (Phi) is 11.9. The highest BCUT2D eigenvalue weighted by atomic mass is 16.5. The molecule has 1 aliphatic rings. The Balaban J connectivity index is 1.02. The smallest absolute Gasteiger partial charge is 0.323 e. The molecule has 1 amide bonds. The zero-order valence-corrected chi connectivity index (χ0v) is 28.3. The highest BCUT2D eigenvalue weighted by Gasteiger charge is 2.25. The summed E-state index contributed by atoms with van der Waals surface area (Å²) in [6, 6.07) is 31.5. The second-order valence-corrected chi connectivity index (χ2v) is 12.4. The van der Waals surface area contributed by atoms with E-state index in [1.807, 2.05) is 60.7 Å². The van der Waals surface area contributed by atoms with Crippen LogP contribution in [0.15, 0.2) is 109 Å². The Labute approximate surface area is 292 Å². The minimum absolute atomic E-state index is 0.0394. The van der Waals surface area contributed by atoms with Crippen LogP contribution >= 0.6 is 0 Å². The van der Waals surface area contributed by atoms with Crippen LogP contribution in [0.1, 0.15) is 54.4 Å². The van der Waals surface area contributed by atoms with Gasteiger partial charge in [0.05, 0.1) is 19.2 Å². The monoisotopic (exact) mass is 673 g/mol. The van der Waals surface area contributed by atoms with Gasteiger partial charge >= 0.3 is 5.97 Å². The fraction of sp³-hybridized carbons (Fsp3) is 0.293. The van der Waals surface area contributed by atoms with Gasteiger partial charge in [0.25, 0.3) is 5.91 Å². The first-order chi connectivity index (χ1) is 24.6. The number of carbonyl (C=O) groups excluding carboxylic acids is 2. The lowest BCUT2D eigenvalue weighted by molar-refractivity contribution is -0.151. The summed E-state index contributed by atoms with van der Waals surface area (Å²) in [5, 5.41) is 7.11. The summed E-state index contributed by atoms with van der Waals surface area (Å²) in [7, 11) is 1.61. The largest absolute Gasteiger partial charge is 0.493 e. The number of rotatable bonds is 16. The van der Waals surface area contributed by atoms with Gasteiger partial charge < -0.3 is 29.6 Å². The van der Waals surface area contributed by atoms with Crippen LogP contribution in [0.4, 0.5) is 5.69 Å². The van der Waals surface area contributed by atoms with Crippen molar-refractivity contribution >= 4 is 28.5 Å². The number of aromatic nitrogens is 1. The van der Waals surface area contributed by atoms with Crippen LogP contribution in [0.2, 0.25) is 0 Å². The van der Waals surface area contributed by atoms with Crippen LogP contribution in [0.5, 0.6) is 23.0 Å². The van der Waals surface area contributed by atoms with Crippen molar-refractivity contribution in [1.29, 1.82) is 0 Å². The van der Waals surface area contributed by atoms with Crippen molar-refractivity contribution < 1.29 is 28.5 Å². The van der Waals surface area contributed by atoms with Crippen molar-refractivity contribution in [2.75, 3.05) is 25.6 Å². The quantitative estimate of drug-likeness (QED) is 0.0799. The molecule has 5 aromatic rings. The normalized spacial score (nSPS) is 13.5. The number of amides is 1. The fourth-order valence-corrected chi connectivity index (χ4v) is 6.04. The number of fused-ring (bicyclic) bond motifs is 1. The number of anilines is 1. The maximum absolute atomic E-state index is 13.1. The maximum Gasteiger partial charge on any atom is 0.323 e. The predicted molar refractivity (Wildman–Crippen MR) is 194 cm³/mol. The van der Waals surface area contributed by atoms with Crippen molar-refractivity contribution in [2.24, 2.45) is 0 Å². The molecule has 4 aromatic carbocycles. The molecule has 0 aliphatic heterocycles. The molecular weight excluding hydrogens is 630 g/mol. The zero-order chi connectivity index (χ0) is 34.5. The van der Waals surface area contributed by atoms with E-state index in [1.54, 1.807) is 55.8 Å². The molecule has 9 heteroatoms. The van der Waals surface area contributed by atoms with Crippen LogP contribution in [0, 0.1) is 0 Å². The molecule has 1 aliphatic carbocycles. The van der Waals surface area contributed by atoms with E-state index in [1.165, 1.54) is 0 Å². The van der Waals surface area contributed by atoms with E-state index in [-0.39, 0.29) is 24.0 Å².